The van der Waals surface area contributed by atoms with Crippen molar-refractivity contribution in [3.63, 3.8) is 0 Å². The van der Waals surface area contributed by atoms with E-state index in [2.05, 4.69) is 16.5 Å². The minimum atomic E-state index is -3.88. The molecule has 0 aliphatic rings. The van der Waals surface area contributed by atoms with Crippen LogP contribution in [-0.2, 0) is 10.2 Å². The molecule has 2 atom stereocenters. The Labute approximate surface area is 179 Å². The van der Waals surface area contributed by atoms with Gasteiger partial charge in [0.05, 0.1) is 6.61 Å². The molecule has 170 valence electrons. The third kappa shape index (κ3) is 6.87. The maximum Gasteiger partial charge on any atom is 0.304 e. The van der Waals surface area contributed by atoms with Crippen molar-refractivity contribution < 1.29 is 32.1 Å². The molecule has 0 aliphatic carbocycles. The Morgan fingerprint density at radius 3 is 2.43 bits per heavy atom. The number of halogens is 2. The normalized spacial score (nSPS) is 14.9. The van der Waals surface area contributed by atoms with Crippen LogP contribution in [0.3, 0.4) is 0 Å². The summed E-state index contributed by atoms with van der Waals surface area (Å²) in [5, 5.41) is 18.8. The van der Waals surface area contributed by atoms with Gasteiger partial charge in [-0.25, -0.2) is 18.1 Å². The molecule has 0 radical (unpaired) electrons. The second-order valence-electron chi connectivity index (χ2n) is 6.42. The highest BCUT2D eigenvalue weighted by molar-refractivity contribution is 7.99. The maximum atomic E-state index is 13.6. The summed E-state index contributed by atoms with van der Waals surface area (Å²) in [7, 11) is 0.0830. The monoisotopic (exact) mass is 468 g/mol. The lowest BCUT2D eigenvalue weighted by atomic mass is 10.2. The molecule has 0 unspecified atom stereocenters. The molecular formula is C17H26F2N4O5S2. The number of hydrogen-bond donors (Lipinski definition) is 2. The second kappa shape index (κ2) is 11.0. The van der Waals surface area contributed by atoms with E-state index in [9.17, 15) is 22.3 Å². The summed E-state index contributed by atoms with van der Waals surface area (Å²) in [6, 6.07) is 1.24. The van der Waals surface area contributed by atoms with Crippen LogP contribution in [0.4, 0.5) is 14.6 Å². The molecule has 0 bridgehead atoms. The third-order valence-electron chi connectivity index (χ3n) is 3.82. The van der Waals surface area contributed by atoms with Gasteiger partial charge in [0.1, 0.15) is 18.0 Å². The zero-order valence-electron chi connectivity index (χ0n) is 17.3. The van der Waals surface area contributed by atoms with E-state index in [4.69, 9.17) is 9.84 Å². The fraction of sp³-hybridized carbons (Fsp3) is 0.529. The first-order valence-corrected chi connectivity index (χ1v) is 11.0. The molecular weight excluding hydrogens is 442 g/mol. The van der Waals surface area contributed by atoms with Gasteiger partial charge in [0.15, 0.2) is 16.8 Å². The largest absolute Gasteiger partial charge is 0.472 e. The van der Waals surface area contributed by atoms with Gasteiger partial charge in [0.25, 0.3) is 0 Å². The van der Waals surface area contributed by atoms with Gasteiger partial charge in [0, 0.05) is 33.0 Å². The molecule has 0 spiro atoms. The van der Waals surface area contributed by atoms with Crippen molar-refractivity contribution in [2.45, 2.75) is 31.2 Å². The Hall–Kier alpha value is -1.80. The minimum absolute atomic E-state index is 0.0134. The van der Waals surface area contributed by atoms with Gasteiger partial charge in [0.2, 0.25) is 5.88 Å². The SMILES string of the molecule is C=C(CSc1nc(O[C@H](C)[C@@H](O)CO)cc(N(C)S(=O)(=O)N(C)C)n1)/C(F)=C(\C)F. The first-order chi connectivity index (χ1) is 13.8. The molecule has 13 heteroatoms. The van der Waals surface area contributed by atoms with Gasteiger partial charge in [-0.15, -0.1) is 0 Å². The Morgan fingerprint density at radius 2 is 1.93 bits per heavy atom. The summed E-state index contributed by atoms with van der Waals surface area (Å²) in [6.45, 7) is 5.36. The van der Waals surface area contributed by atoms with Crippen LogP contribution in [0.25, 0.3) is 0 Å². The highest BCUT2D eigenvalue weighted by Gasteiger charge is 2.25. The standard InChI is InChI=1S/C17H26F2N4O5S2/c1-10(16(19)11(2)18)9-29-17-20-14(23(6)30(26,27)22(4)5)7-15(21-17)28-12(3)13(25)8-24/h7,12-13,24-25H,1,8-9H2,2-6H3/b16-11-/t12-,13+/m1/s1. The van der Waals surface area contributed by atoms with E-state index < -0.39 is 40.7 Å². The Kier molecular flexibility index (Phi) is 9.62. The highest BCUT2D eigenvalue weighted by atomic mass is 32.2. The summed E-state index contributed by atoms with van der Waals surface area (Å²) in [6.07, 6.45) is -2.06. The molecule has 2 N–H and O–H groups in total. The molecule has 1 aromatic heterocycles. The van der Waals surface area contributed by atoms with Gasteiger partial charge < -0.3 is 14.9 Å². The topological polar surface area (TPSA) is 116 Å². The van der Waals surface area contributed by atoms with E-state index in [-0.39, 0.29) is 28.2 Å². The van der Waals surface area contributed by atoms with Crippen molar-refractivity contribution in [3.05, 3.63) is 29.9 Å². The van der Waals surface area contributed by atoms with Gasteiger partial charge in [-0.2, -0.15) is 17.7 Å². The maximum absolute atomic E-state index is 13.6. The number of hydrogen-bond acceptors (Lipinski definition) is 8. The van der Waals surface area contributed by atoms with E-state index in [1.807, 2.05) is 0 Å². The lowest BCUT2D eigenvalue weighted by Crippen LogP contribution is -2.38. The zero-order chi connectivity index (χ0) is 23.2. The summed E-state index contributed by atoms with van der Waals surface area (Å²) in [4.78, 5) is 8.24. The summed E-state index contributed by atoms with van der Waals surface area (Å²) in [5.74, 6) is -2.32. The van der Waals surface area contributed by atoms with E-state index >= 15 is 0 Å². The third-order valence-corrected chi connectivity index (χ3v) is 6.56. The Morgan fingerprint density at radius 1 is 1.33 bits per heavy atom. The van der Waals surface area contributed by atoms with Crippen LogP contribution in [-0.4, -0.2) is 78.6 Å². The van der Waals surface area contributed by atoms with Crippen LogP contribution in [0.2, 0.25) is 0 Å². The molecule has 1 aromatic rings. The number of allylic oxidation sites excluding steroid dienone is 2. The highest BCUT2D eigenvalue weighted by Crippen LogP contribution is 2.28. The number of ether oxygens (including phenoxy) is 1. The van der Waals surface area contributed by atoms with Crippen molar-refractivity contribution in [2.24, 2.45) is 0 Å². The minimum Gasteiger partial charge on any atom is -0.472 e. The van der Waals surface area contributed by atoms with E-state index in [0.29, 0.717) is 0 Å². The smallest absolute Gasteiger partial charge is 0.304 e. The van der Waals surface area contributed by atoms with Gasteiger partial charge in [-0.1, -0.05) is 18.3 Å². The number of nitrogens with zero attached hydrogens (tertiary/aromatic N) is 4. The summed E-state index contributed by atoms with van der Waals surface area (Å²) >= 11 is 0.891. The van der Waals surface area contributed by atoms with Gasteiger partial charge in [-0.05, 0) is 19.4 Å². The van der Waals surface area contributed by atoms with Crippen molar-refractivity contribution in [1.29, 1.82) is 0 Å². The molecule has 0 aliphatic heterocycles. The molecule has 0 fully saturated rings. The fourth-order valence-corrected chi connectivity index (χ4v) is 3.48. The van der Waals surface area contributed by atoms with Crippen LogP contribution in [0.5, 0.6) is 5.88 Å². The predicted molar refractivity (Wildman–Crippen MR) is 111 cm³/mol. The zero-order valence-corrected chi connectivity index (χ0v) is 19.0. The van der Waals surface area contributed by atoms with Crippen molar-refractivity contribution in [3.8, 4) is 5.88 Å². The van der Waals surface area contributed by atoms with Crippen LogP contribution in [0, 0.1) is 0 Å². The average molecular weight is 469 g/mol. The van der Waals surface area contributed by atoms with Gasteiger partial charge >= 0.3 is 10.2 Å². The van der Waals surface area contributed by atoms with Crippen LogP contribution < -0.4 is 9.04 Å². The number of aliphatic hydroxyl groups is 2. The molecule has 0 saturated heterocycles. The molecule has 1 heterocycles. The molecule has 9 nitrogen and oxygen atoms in total. The van der Waals surface area contributed by atoms with E-state index in [1.165, 1.54) is 34.1 Å². The number of aromatic nitrogens is 2. The van der Waals surface area contributed by atoms with Crippen molar-refractivity contribution in [2.75, 3.05) is 37.8 Å². The number of thioether (sulfide) groups is 1. The quantitative estimate of drug-likeness (QED) is 0.286. The summed E-state index contributed by atoms with van der Waals surface area (Å²) < 4.78 is 58.9. The Bertz CT molecular complexity index is 892. The van der Waals surface area contributed by atoms with Gasteiger partial charge in [-0.3, -0.25) is 0 Å². The molecule has 30 heavy (non-hydrogen) atoms. The number of aliphatic hydroxyl groups excluding tert-OH is 2. The van der Waals surface area contributed by atoms with Crippen molar-refractivity contribution in [1.82, 2.24) is 14.3 Å². The Balaban J connectivity index is 3.28. The van der Waals surface area contributed by atoms with Crippen LogP contribution in [0.1, 0.15) is 13.8 Å². The van der Waals surface area contributed by atoms with E-state index in [0.717, 1.165) is 27.3 Å². The fourth-order valence-electron chi connectivity index (χ4n) is 1.92. The number of anilines is 1. The average Bonchev–Trinajstić information content (AvgIpc) is 2.69. The number of rotatable bonds is 11. The first kappa shape index (κ1) is 26.2. The van der Waals surface area contributed by atoms with Crippen LogP contribution in [0.15, 0.2) is 35.0 Å². The van der Waals surface area contributed by atoms with E-state index in [1.54, 1.807) is 0 Å². The lowest BCUT2D eigenvalue weighted by molar-refractivity contribution is 0.00599. The summed E-state index contributed by atoms with van der Waals surface area (Å²) in [5.41, 5.74) is -0.130. The molecule has 0 amide bonds. The first-order valence-electron chi connectivity index (χ1n) is 8.65. The molecule has 0 saturated carbocycles. The molecule has 0 aromatic carbocycles. The van der Waals surface area contributed by atoms with Crippen LogP contribution >= 0.6 is 11.8 Å². The van der Waals surface area contributed by atoms with Crippen molar-refractivity contribution >= 4 is 27.8 Å². The second-order valence-corrected chi connectivity index (χ2v) is 9.53. The predicted octanol–water partition coefficient (Wildman–Crippen LogP) is 1.66. The lowest BCUT2D eigenvalue weighted by Gasteiger charge is -2.24. The molecule has 1 rings (SSSR count).